The van der Waals surface area contributed by atoms with Gasteiger partial charge in [0.2, 0.25) is 0 Å². The molecule has 112 valence electrons. The Labute approximate surface area is 109 Å². The fourth-order valence-corrected chi connectivity index (χ4v) is 2.21. The number of halogens is 2. The number of alkyl halides is 2. The van der Waals surface area contributed by atoms with Crippen LogP contribution in [-0.4, -0.2) is 41.0 Å². The zero-order valence-corrected chi connectivity index (χ0v) is 11.3. The van der Waals surface area contributed by atoms with Gasteiger partial charge in [-0.15, -0.1) is 0 Å². The second-order valence-electron chi connectivity index (χ2n) is 4.59. The van der Waals surface area contributed by atoms with Crippen LogP contribution in [0.15, 0.2) is 0 Å². The molecule has 0 radical (unpaired) electrons. The lowest BCUT2D eigenvalue weighted by atomic mass is 9.91. The largest absolute Gasteiger partial charge is 0.465 e. The van der Waals surface area contributed by atoms with Gasteiger partial charge >= 0.3 is 21.3 Å². The Bertz CT molecular complexity index is 457. The Kier molecular flexibility index (Phi) is 4.23. The highest BCUT2D eigenvalue weighted by Gasteiger charge is 2.59. The molecule has 1 saturated carbocycles. The zero-order chi connectivity index (χ0) is 15.1. The normalized spacial score (nSPS) is 24.1. The van der Waals surface area contributed by atoms with E-state index >= 15 is 0 Å². The van der Waals surface area contributed by atoms with Crippen molar-refractivity contribution in [2.75, 3.05) is 0 Å². The SMILES string of the molecule is CCC(O)(CC)C1CC1OC(=O)C(F)(F)S(=O)(=O)O. The molecule has 0 heterocycles. The minimum absolute atomic E-state index is 0.186. The van der Waals surface area contributed by atoms with Gasteiger partial charge in [0.05, 0.1) is 5.60 Å². The summed E-state index contributed by atoms with van der Waals surface area (Å²) in [5.74, 6) is -2.82. The van der Waals surface area contributed by atoms with Gasteiger partial charge in [-0.2, -0.15) is 17.2 Å². The zero-order valence-electron chi connectivity index (χ0n) is 10.5. The predicted octanol–water partition coefficient (Wildman–Crippen LogP) is 0.950. The number of hydrogen-bond acceptors (Lipinski definition) is 5. The summed E-state index contributed by atoms with van der Waals surface area (Å²) in [7, 11) is -5.85. The van der Waals surface area contributed by atoms with E-state index in [0.29, 0.717) is 12.8 Å². The van der Waals surface area contributed by atoms with E-state index in [0.717, 1.165) is 0 Å². The summed E-state index contributed by atoms with van der Waals surface area (Å²) in [6.07, 6.45) is -0.0516. The highest BCUT2D eigenvalue weighted by Crippen LogP contribution is 2.46. The molecule has 2 atom stereocenters. The molecular formula is C10H16F2O6S. The molecule has 0 spiro atoms. The molecule has 0 aromatic rings. The van der Waals surface area contributed by atoms with E-state index in [1.165, 1.54) is 0 Å². The van der Waals surface area contributed by atoms with Crippen LogP contribution in [0.4, 0.5) is 8.78 Å². The van der Waals surface area contributed by atoms with Gasteiger partial charge in [0.1, 0.15) is 6.10 Å². The summed E-state index contributed by atoms with van der Waals surface area (Å²) in [5.41, 5.74) is -1.13. The summed E-state index contributed by atoms with van der Waals surface area (Å²) in [6, 6.07) is 0. The van der Waals surface area contributed by atoms with E-state index in [9.17, 15) is 27.1 Å². The molecule has 0 aliphatic heterocycles. The molecule has 1 fully saturated rings. The number of carbonyl (C=O) groups excluding carboxylic acids is 1. The Morgan fingerprint density at radius 2 is 1.84 bits per heavy atom. The first-order valence-electron chi connectivity index (χ1n) is 5.78. The van der Waals surface area contributed by atoms with E-state index in [1.54, 1.807) is 13.8 Å². The van der Waals surface area contributed by atoms with Gasteiger partial charge in [0, 0.05) is 5.92 Å². The maximum absolute atomic E-state index is 12.9. The van der Waals surface area contributed by atoms with E-state index in [1.807, 2.05) is 0 Å². The topological polar surface area (TPSA) is 101 Å². The molecule has 1 rings (SSSR count). The summed E-state index contributed by atoms with van der Waals surface area (Å²) in [5, 5.41) is 5.08. The third kappa shape index (κ3) is 3.03. The Hall–Kier alpha value is -0.800. The first kappa shape index (κ1) is 16.3. The summed E-state index contributed by atoms with van der Waals surface area (Å²) < 4.78 is 59.1. The standard InChI is InChI=1S/C10H16F2O6S/c1-3-9(14,4-2)6-5-7(6)18-8(13)10(11,12)19(15,16)17/h6-7,14H,3-5H2,1-2H3,(H,15,16,17). The summed E-state index contributed by atoms with van der Waals surface area (Å²) in [6.45, 7) is 3.40. The lowest BCUT2D eigenvalue weighted by Crippen LogP contribution is -2.40. The lowest BCUT2D eigenvalue weighted by molar-refractivity contribution is -0.164. The van der Waals surface area contributed by atoms with Crippen LogP contribution in [0.2, 0.25) is 0 Å². The molecule has 1 aliphatic carbocycles. The quantitative estimate of drug-likeness (QED) is 0.559. The van der Waals surface area contributed by atoms with Crippen molar-refractivity contribution >= 4 is 16.1 Å². The van der Waals surface area contributed by atoms with Crippen LogP contribution in [0.5, 0.6) is 0 Å². The molecule has 2 unspecified atom stereocenters. The van der Waals surface area contributed by atoms with Gasteiger partial charge in [0.25, 0.3) is 0 Å². The van der Waals surface area contributed by atoms with E-state index in [2.05, 4.69) is 4.74 Å². The average Bonchev–Trinajstić information content (AvgIpc) is 3.06. The smallest absolute Gasteiger partial charge is 0.457 e. The first-order chi connectivity index (χ1) is 8.49. The predicted molar refractivity (Wildman–Crippen MR) is 60.0 cm³/mol. The van der Waals surface area contributed by atoms with Crippen molar-refractivity contribution in [2.24, 2.45) is 5.92 Å². The van der Waals surface area contributed by atoms with Gasteiger partial charge in [-0.25, -0.2) is 4.79 Å². The van der Waals surface area contributed by atoms with Crippen molar-refractivity contribution in [3.63, 3.8) is 0 Å². The van der Waals surface area contributed by atoms with Gasteiger partial charge in [-0.1, -0.05) is 13.8 Å². The number of ether oxygens (including phenoxy) is 1. The molecule has 6 nitrogen and oxygen atoms in total. The minimum Gasteiger partial charge on any atom is -0.457 e. The number of rotatable bonds is 6. The fraction of sp³-hybridized carbons (Fsp3) is 0.900. The minimum atomic E-state index is -5.85. The highest BCUT2D eigenvalue weighted by molar-refractivity contribution is 7.87. The third-order valence-corrected chi connectivity index (χ3v) is 4.28. The van der Waals surface area contributed by atoms with Crippen molar-refractivity contribution in [2.45, 2.75) is 50.1 Å². The monoisotopic (exact) mass is 302 g/mol. The fourth-order valence-electron chi connectivity index (χ4n) is 1.95. The number of aliphatic hydroxyl groups is 1. The third-order valence-electron chi connectivity index (χ3n) is 3.47. The van der Waals surface area contributed by atoms with Crippen LogP contribution in [-0.2, 0) is 19.6 Å². The van der Waals surface area contributed by atoms with Crippen molar-refractivity contribution < 1.29 is 36.4 Å². The average molecular weight is 302 g/mol. The van der Waals surface area contributed by atoms with Gasteiger partial charge in [-0.05, 0) is 19.3 Å². The maximum Gasteiger partial charge on any atom is 0.465 e. The molecule has 2 N–H and O–H groups in total. The van der Waals surface area contributed by atoms with Gasteiger partial charge in [-0.3, -0.25) is 4.55 Å². The Morgan fingerprint density at radius 3 is 2.21 bits per heavy atom. The molecule has 9 heteroatoms. The van der Waals surface area contributed by atoms with E-state index < -0.39 is 39.0 Å². The van der Waals surface area contributed by atoms with Crippen LogP contribution < -0.4 is 0 Å². The number of esters is 1. The van der Waals surface area contributed by atoms with E-state index in [4.69, 9.17) is 4.55 Å². The van der Waals surface area contributed by atoms with Gasteiger partial charge < -0.3 is 9.84 Å². The maximum atomic E-state index is 12.9. The molecule has 0 saturated heterocycles. The second-order valence-corrected chi connectivity index (χ2v) is 6.05. The lowest BCUT2D eigenvalue weighted by Gasteiger charge is -2.25. The molecule has 0 amide bonds. The van der Waals surface area contributed by atoms with Crippen molar-refractivity contribution in [3.05, 3.63) is 0 Å². The van der Waals surface area contributed by atoms with Crippen LogP contribution in [0.25, 0.3) is 0 Å². The molecule has 1 aliphatic rings. The molecular weight excluding hydrogens is 286 g/mol. The molecule has 0 aromatic heterocycles. The van der Waals surface area contributed by atoms with Crippen molar-refractivity contribution in [1.82, 2.24) is 0 Å². The molecule has 0 aromatic carbocycles. The second kappa shape index (κ2) is 4.95. The number of hydrogen-bond donors (Lipinski definition) is 2. The van der Waals surface area contributed by atoms with Gasteiger partial charge in [0.15, 0.2) is 0 Å². The number of carbonyl (C=O) groups is 1. The van der Waals surface area contributed by atoms with Crippen LogP contribution >= 0.6 is 0 Å². The molecule has 19 heavy (non-hydrogen) atoms. The van der Waals surface area contributed by atoms with Crippen molar-refractivity contribution in [1.29, 1.82) is 0 Å². The highest BCUT2D eigenvalue weighted by atomic mass is 32.2. The Morgan fingerprint density at radius 1 is 1.37 bits per heavy atom. The van der Waals surface area contributed by atoms with Crippen LogP contribution in [0, 0.1) is 5.92 Å². The van der Waals surface area contributed by atoms with Crippen LogP contribution in [0.3, 0.4) is 0 Å². The Balaban J connectivity index is 2.69. The summed E-state index contributed by atoms with van der Waals surface area (Å²) >= 11 is 0. The van der Waals surface area contributed by atoms with E-state index in [-0.39, 0.29) is 6.42 Å². The molecule has 0 bridgehead atoms. The summed E-state index contributed by atoms with van der Waals surface area (Å²) in [4.78, 5) is 11.0. The van der Waals surface area contributed by atoms with Crippen LogP contribution in [0.1, 0.15) is 33.1 Å². The van der Waals surface area contributed by atoms with Crippen molar-refractivity contribution in [3.8, 4) is 0 Å². The first-order valence-corrected chi connectivity index (χ1v) is 7.22.